The molecule has 0 spiro atoms. The SMILES string of the molecule is CCCCCCCCOc1ccc(-c2ccccc2OCC)cc1. The molecule has 24 heavy (non-hydrogen) atoms. The van der Waals surface area contributed by atoms with E-state index in [1.807, 2.05) is 25.1 Å². The fourth-order valence-corrected chi connectivity index (χ4v) is 2.79. The van der Waals surface area contributed by atoms with Crippen molar-refractivity contribution in [3.05, 3.63) is 48.5 Å². The van der Waals surface area contributed by atoms with E-state index in [1.165, 1.54) is 32.1 Å². The molecule has 2 heteroatoms. The third-order valence-corrected chi connectivity index (χ3v) is 4.12. The van der Waals surface area contributed by atoms with Crippen molar-refractivity contribution in [3.63, 3.8) is 0 Å². The van der Waals surface area contributed by atoms with E-state index in [9.17, 15) is 0 Å². The molecule has 0 amide bonds. The predicted octanol–water partition coefficient (Wildman–Crippen LogP) is 6.49. The molecule has 0 aromatic heterocycles. The number of hydrogen-bond acceptors (Lipinski definition) is 2. The van der Waals surface area contributed by atoms with Gasteiger partial charge in [-0.2, -0.15) is 0 Å². The minimum atomic E-state index is 0.677. The van der Waals surface area contributed by atoms with Gasteiger partial charge in [0.05, 0.1) is 13.2 Å². The number of hydrogen-bond donors (Lipinski definition) is 0. The third-order valence-electron chi connectivity index (χ3n) is 4.12. The van der Waals surface area contributed by atoms with Gasteiger partial charge in [0.25, 0.3) is 0 Å². The Labute approximate surface area is 146 Å². The smallest absolute Gasteiger partial charge is 0.127 e. The molecule has 2 aromatic carbocycles. The van der Waals surface area contributed by atoms with Crippen molar-refractivity contribution in [2.75, 3.05) is 13.2 Å². The van der Waals surface area contributed by atoms with Crippen LogP contribution in [0.3, 0.4) is 0 Å². The van der Waals surface area contributed by atoms with Crippen LogP contribution in [0.25, 0.3) is 11.1 Å². The average Bonchev–Trinajstić information content (AvgIpc) is 2.62. The molecule has 0 aliphatic rings. The molecule has 0 unspecified atom stereocenters. The topological polar surface area (TPSA) is 18.5 Å². The average molecular weight is 326 g/mol. The standard InChI is InChI=1S/C22H30O2/c1-3-5-6-7-8-11-18-24-20-16-14-19(15-17-20)21-12-9-10-13-22(21)23-4-2/h9-10,12-17H,3-8,11,18H2,1-2H3. The molecule has 0 aliphatic carbocycles. The Bertz CT molecular complexity index is 575. The zero-order chi connectivity index (χ0) is 17.0. The molecule has 0 saturated heterocycles. The van der Waals surface area contributed by atoms with Crippen molar-refractivity contribution in [1.82, 2.24) is 0 Å². The van der Waals surface area contributed by atoms with Gasteiger partial charge in [-0.1, -0.05) is 69.4 Å². The van der Waals surface area contributed by atoms with Gasteiger partial charge in [-0.05, 0) is 37.1 Å². The molecule has 0 radical (unpaired) electrons. The third kappa shape index (κ3) is 5.92. The molecule has 0 bridgehead atoms. The van der Waals surface area contributed by atoms with Crippen molar-refractivity contribution < 1.29 is 9.47 Å². The Kier molecular flexibility index (Phi) is 8.23. The van der Waals surface area contributed by atoms with Gasteiger partial charge in [0.1, 0.15) is 11.5 Å². The molecule has 0 N–H and O–H groups in total. The largest absolute Gasteiger partial charge is 0.494 e. The lowest BCUT2D eigenvalue weighted by Gasteiger charge is -2.11. The van der Waals surface area contributed by atoms with Crippen molar-refractivity contribution in [2.45, 2.75) is 52.4 Å². The van der Waals surface area contributed by atoms with Crippen LogP contribution in [0.5, 0.6) is 11.5 Å². The fourth-order valence-electron chi connectivity index (χ4n) is 2.79. The van der Waals surface area contributed by atoms with Gasteiger partial charge in [0.15, 0.2) is 0 Å². The van der Waals surface area contributed by atoms with Crippen molar-refractivity contribution in [3.8, 4) is 22.6 Å². The van der Waals surface area contributed by atoms with Gasteiger partial charge in [0, 0.05) is 5.56 Å². The Morgan fingerprint density at radius 2 is 1.42 bits per heavy atom. The van der Waals surface area contributed by atoms with Gasteiger partial charge in [-0.3, -0.25) is 0 Å². The van der Waals surface area contributed by atoms with Crippen LogP contribution in [0.15, 0.2) is 48.5 Å². The van der Waals surface area contributed by atoms with Gasteiger partial charge in [-0.15, -0.1) is 0 Å². The first-order chi connectivity index (χ1) is 11.8. The van der Waals surface area contributed by atoms with Gasteiger partial charge >= 0.3 is 0 Å². The van der Waals surface area contributed by atoms with Crippen LogP contribution in [-0.2, 0) is 0 Å². The highest BCUT2D eigenvalue weighted by Crippen LogP contribution is 2.30. The summed E-state index contributed by atoms with van der Waals surface area (Å²) in [6.45, 7) is 5.74. The summed E-state index contributed by atoms with van der Waals surface area (Å²) in [4.78, 5) is 0. The zero-order valence-corrected chi connectivity index (χ0v) is 15.1. The lowest BCUT2D eigenvalue weighted by molar-refractivity contribution is 0.304. The molecule has 2 rings (SSSR count). The normalized spacial score (nSPS) is 10.6. The number of benzene rings is 2. The summed E-state index contributed by atoms with van der Waals surface area (Å²) in [6, 6.07) is 16.5. The second-order valence-corrected chi connectivity index (χ2v) is 6.07. The minimum absolute atomic E-state index is 0.677. The van der Waals surface area contributed by atoms with E-state index in [0.29, 0.717) is 6.61 Å². The molecule has 0 heterocycles. The van der Waals surface area contributed by atoms with Crippen LogP contribution in [0.1, 0.15) is 52.4 Å². The molecule has 0 saturated carbocycles. The zero-order valence-electron chi connectivity index (χ0n) is 15.1. The van der Waals surface area contributed by atoms with Crippen molar-refractivity contribution in [1.29, 1.82) is 0 Å². The summed E-state index contributed by atoms with van der Waals surface area (Å²) in [6.07, 6.45) is 7.73. The van der Waals surface area contributed by atoms with Crippen molar-refractivity contribution >= 4 is 0 Å². The van der Waals surface area contributed by atoms with Crippen LogP contribution in [0.4, 0.5) is 0 Å². The van der Waals surface area contributed by atoms with E-state index in [-0.39, 0.29) is 0 Å². The Morgan fingerprint density at radius 3 is 2.17 bits per heavy atom. The fraction of sp³-hybridized carbons (Fsp3) is 0.455. The summed E-state index contributed by atoms with van der Waals surface area (Å²) in [5.74, 6) is 1.88. The molecule has 0 atom stereocenters. The van der Waals surface area contributed by atoms with Crippen molar-refractivity contribution in [2.24, 2.45) is 0 Å². The lowest BCUT2D eigenvalue weighted by atomic mass is 10.0. The van der Waals surface area contributed by atoms with E-state index in [0.717, 1.165) is 35.7 Å². The van der Waals surface area contributed by atoms with Crippen LogP contribution in [-0.4, -0.2) is 13.2 Å². The Balaban J connectivity index is 1.83. The van der Waals surface area contributed by atoms with Crippen LogP contribution in [0, 0.1) is 0 Å². The van der Waals surface area contributed by atoms with E-state index < -0.39 is 0 Å². The first-order valence-electron chi connectivity index (χ1n) is 9.30. The number of rotatable bonds is 11. The maximum Gasteiger partial charge on any atom is 0.127 e. The minimum Gasteiger partial charge on any atom is -0.494 e. The summed E-state index contributed by atoms with van der Waals surface area (Å²) >= 11 is 0. The maximum atomic E-state index is 5.85. The molecule has 0 aliphatic heterocycles. The quantitative estimate of drug-likeness (QED) is 0.439. The molecule has 2 nitrogen and oxygen atoms in total. The molecular weight excluding hydrogens is 296 g/mol. The molecular formula is C22H30O2. The summed E-state index contributed by atoms with van der Waals surface area (Å²) < 4.78 is 11.6. The number of unbranched alkanes of at least 4 members (excludes halogenated alkanes) is 5. The highest BCUT2D eigenvalue weighted by molar-refractivity contribution is 5.70. The highest BCUT2D eigenvalue weighted by atomic mass is 16.5. The maximum absolute atomic E-state index is 5.85. The van der Waals surface area contributed by atoms with E-state index in [1.54, 1.807) is 0 Å². The summed E-state index contributed by atoms with van der Waals surface area (Å²) in [5, 5.41) is 0. The van der Waals surface area contributed by atoms with Gasteiger partial charge in [-0.25, -0.2) is 0 Å². The Hall–Kier alpha value is -1.96. The lowest BCUT2D eigenvalue weighted by Crippen LogP contribution is -1.97. The summed E-state index contributed by atoms with van der Waals surface area (Å²) in [5.41, 5.74) is 2.28. The molecule has 0 fully saturated rings. The monoisotopic (exact) mass is 326 g/mol. The molecule has 2 aromatic rings. The number of para-hydroxylation sites is 1. The van der Waals surface area contributed by atoms with E-state index in [2.05, 4.69) is 37.3 Å². The number of ether oxygens (including phenoxy) is 2. The first kappa shape index (κ1) is 18.4. The van der Waals surface area contributed by atoms with E-state index >= 15 is 0 Å². The molecule has 130 valence electrons. The van der Waals surface area contributed by atoms with Gasteiger partial charge < -0.3 is 9.47 Å². The Morgan fingerprint density at radius 1 is 0.708 bits per heavy atom. The second kappa shape index (κ2) is 10.7. The van der Waals surface area contributed by atoms with Gasteiger partial charge in [0.2, 0.25) is 0 Å². The van der Waals surface area contributed by atoms with Crippen LogP contribution >= 0.6 is 0 Å². The first-order valence-corrected chi connectivity index (χ1v) is 9.30. The summed E-state index contributed by atoms with van der Waals surface area (Å²) in [7, 11) is 0. The van der Waals surface area contributed by atoms with Crippen LogP contribution < -0.4 is 9.47 Å². The van der Waals surface area contributed by atoms with E-state index in [4.69, 9.17) is 9.47 Å². The second-order valence-electron chi connectivity index (χ2n) is 6.07. The predicted molar refractivity (Wildman–Crippen MR) is 102 cm³/mol. The highest BCUT2D eigenvalue weighted by Gasteiger charge is 2.05. The van der Waals surface area contributed by atoms with Crippen LogP contribution in [0.2, 0.25) is 0 Å².